The average Bonchev–Trinajstić information content (AvgIpc) is 3.20. The number of hydrogen-bond donors (Lipinski definition) is 0. The minimum atomic E-state index is -0.485. The first kappa shape index (κ1) is 18.7. The van der Waals surface area contributed by atoms with E-state index in [2.05, 4.69) is 26.5 Å². The number of rotatable bonds is 4. The third kappa shape index (κ3) is 2.73. The minimum Gasteiger partial charge on any atom is -0.348 e. The van der Waals surface area contributed by atoms with E-state index in [-0.39, 0.29) is 5.41 Å². The summed E-state index contributed by atoms with van der Waals surface area (Å²) in [7, 11) is 0. The summed E-state index contributed by atoms with van der Waals surface area (Å²) in [6, 6.07) is 0. The van der Waals surface area contributed by atoms with Crippen LogP contribution in [0.3, 0.4) is 0 Å². The van der Waals surface area contributed by atoms with Crippen LogP contribution in [0.15, 0.2) is 12.7 Å². The van der Waals surface area contributed by atoms with Gasteiger partial charge in [-0.1, -0.05) is 19.9 Å². The molecule has 3 nitrogen and oxygen atoms in total. The van der Waals surface area contributed by atoms with Crippen molar-refractivity contribution in [2.75, 3.05) is 13.2 Å². The first-order valence-corrected chi connectivity index (χ1v) is 10.8. The zero-order valence-corrected chi connectivity index (χ0v) is 16.9. The van der Waals surface area contributed by atoms with Crippen LogP contribution in [0.25, 0.3) is 0 Å². The normalized spacial score (nSPS) is 47.4. The van der Waals surface area contributed by atoms with Crippen molar-refractivity contribution in [1.82, 2.24) is 0 Å². The molecule has 4 rings (SSSR count). The Labute approximate surface area is 158 Å². The summed E-state index contributed by atoms with van der Waals surface area (Å²) in [4.78, 5) is 13.1. The smallest absolute Gasteiger partial charge is 0.165 e. The first-order chi connectivity index (χ1) is 12.3. The van der Waals surface area contributed by atoms with Crippen LogP contribution in [0.5, 0.6) is 0 Å². The molecule has 1 heterocycles. The van der Waals surface area contributed by atoms with Gasteiger partial charge in [0.1, 0.15) is 5.78 Å². The Balaban J connectivity index is 1.55. The fraction of sp³-hybridized carbons (Fsp3) is 0.870. The molecule has 0 spiro atoms. The maximum Gasteiger partial charge on any atom is 0.165 e. The van der Waals surface area contributed by atoms with Gasteiger partial charge in [-0.05, 0) is 74.5 Å². The van der Waals surface area contributed by atoms with Crippen LogP contribution in [0, 0.1) is 34.5 Å². The van der Waals surface area contributed by atoms with E-state index in [1.165, 1.54) is 25.7 Å². The molecule has 3 aliphatic carbocycles. The molecule has 1 saturated heterocycles. The van der Waals surface area contributed by atoms with Crippen molar-refractivity contribution < 1.29 is 14.3 Å². The lowest BCUT2D eigenvalue weighted by Crippen LogP contribution is -2.52. The topological polar surface area (TPSA) is 35.5 Å². The molecule has 0 amide bonds. The third-order valence-electron chi connectivity index (χ3n) is 8.95. The molecule has 0 N–H and O–H groups in total. The molecule has 26 heavy (non-hydrogen) atoms. The molecule has 6 unspecified atom stereocenters. The second-order valence-electron chi connectivity index (χ2n) is 10.1. The Hall–Kier alpha value is -0.670. The van der Waals surface area contributed by atoms with Crippen molar-refractivity contribution in [3.63, 3.8) is 0 Å². The van der Waals surface area contributed by atoms with Gasteiger partial charge in [0.2, 0.25) is 0 Å². The molecule has 0 bridgehead atoms. The Morgan fingerprint density at radius 2 is 1.77 bits per heavy atom. The number of ketones is 1. The highest BCUT2D eigenvalue weighted by molar-refractivity contribution is 5.85. The van der Waals surface area contributed by atoms with Crippen LogP contribution in [-0.4, -0.2) is 24.8 Å². The predicted molar refractivity (Wildman–Crippen MR) is 103 cm³/mol. The van der Waals surface area contributed by atoms with Gasteiger partial charge in [-0.15, -0.1) is 6.58 Å². The van der Waals surface area contributed by atoms with E-state index in [1.807, 2.05) is 6.92 Å². The number of hydrogen-bond acceptors (Lipinski definition) is 3. The molecule has 3 saturated carbocycles. The lowest BCUT2D eigenvalue weighted by atomic mass is 9.48. The van der Waals surface area contributed by atoms with E-state index in [4.69, 9.17) is 9.47 Å². The second kappa shape index (κ2) is 6.44. The highest BCUT2D eigenvalue weighted by Gasteiger charge is 2.59. The third-order valence-corrected chi connectivity index (χ3v) is 8.95. The Bertz CT molecular complexity index is 578. The highest BCUT2D eigenvalue weighted by atomic mass is 16.7. The van der Waals surface area contributed by atoms with E-state index in [0.29, 0.717) is 42.2 Å². The van der Waals surface area contributed by atoms with Crippen LogP contribution in [-0.2, 0) is 14.3 Å². The summed E-state index contributed by atoms with van der Waals surface area (Å²) in [5.41, 5.74) is 0.211. The summed E-state index contributed by atoms with van der Waals surface area (Å²) in [6.45, 7) is 12.3. The molecule has 0 radical (unpaired) electrons. The molecular formula is C23H36O3. The van der Waals surface area contributed by atoms with E-state index in [0.717, 1.165) is 31.6 Å². The van der Waals surface area contributed by atoms with Crippen molar-refractivity contribution in [3.8, 4) is 0 Å². The van der Waals surface area contributed by atoms with Gasteiger partial charge in [0.15, 0.2) is 5.79 Å². The van der Waals surface area contributed by atoms with E-state index < -0.39 is 5.79 Å². The van der Waals surface area contributed by atoms with Crippen molar-refractivity contribution >= 4 is 5.78 Å². The van der Waals surface area contributed by atoms with Gasteiger partial charge in [-0.25, -0.2) is 0 Å². The lowest BCUT2D eigenvalue weighted by Gasteiger charge is -2.56. The molecule has 146 valence electrons. The summed E-state index contributed by atoms with van der Waals surface area (Å²) in [6.07, 6.45) is 10.9. The van der Waals surface area contributed by atoms with Crippen molar-refractivity contribution in [3.05, 3.63) is 12.7 Å². The summed E-state index contributed by atoms with van der Waals surface area (Å²) in [5, 5.41) is 0. The Kier molecular flexibility index (Phi) is 4.63. The number of ether oxygens (including phenoxy) is 2. The molecule has 0 aromatic carbocycles. The SMILES string of the molecule is C=CC1CCC2C3CCC(=O)C(C)(CCC4(C)OCCO4)C3CCC12C. The van der Waals surface area contributed by atoms with Gasteiger partial charge in [0.25, 0.3) is 0 Å². The predicted octanol–water partition coefficient (Wildman–Crippen LogP) is 5.14. The van der Waals surface area contributed by atoms with Crippen LogP contribution in [0.2, 0.25) is 0 Å². The van der Waals surface area contributed by atoms with Crippen LogP contribution < -0.4 is 0 Å². The average molecular weight is 361 g/mol. The van der Waals surface area contributed by atoms with E-state index >= 15 is 0 Å². The van der Waals surface area contributed by atoms with E-state index in [9.17, 15) is 4.79 Å². The molecule has 4 fully saturated rings. The summed E-state index contributed by atoms with van der Waals surface area (Å²) < 4.78 is 11.6. The fourth-order valence-electron chi connectivity index (χ4n) is 7.21. The fourth-order valence-corrected chi connectivity index (χ4v) is 7.21. The minimum absolute atomic E-state index is 0.200. The van der Waals surface area contributed by atoms with Crippen LogP contribution >= 0.6 is 0 Å². The highest BCUT2D eigenvalue weighted by Crippen LogP contribution is 2.64. The molecule has 6 atom stereocenters. The first-order valence-electron chi connectivity index (χ1n) is 10.8. The van der Waals surface area contributed by atoms with Gasteiger partial charge in [0.05, 0.1) is 13.2 Å². The number of allylic oxidation sites excluding steroid dienone is 1. The maximum atomic E-state index is 13.1. The van der Waals surface area contributed by atoms with Gasteiger partial charge in [-0.2, -0.15) is 0 Å². The van der Waals surface area contributed by atoms with Crippen molar-refractivity contribution in [2.24, 2.45) is 34.5 Å². The quantitative estimate of drug-likeness (QED) is 0.651. The molecule has 1 aliphatic heterocycles. The molecule has 0 aromatic rings. The number of carbonyl (C=O) groups is 1. The summed E-state index contributed by atoms with van der Waals surface area (Å²) in [5.74, 6) is 2.68. The Morgan fingerprint density at radius 1 is 1.04 bits per heavy atom. The molecular weight excluding hydrogens is 324 g/mol. The standard InChI is InChI=1S/C23H36O3/c1-5-16-6-8-18-17-7-9-20(24)22(3,19(17)10-11-21(16,18)2)12-13-23(4)25-14-15-26-23/h5,16-19H,1,6-15H2,2-4H3. The van der Waals surface area contributed by atoms with Gasteiger partial charge < -0.3 is 9.47 Å². The molecule has 4 aliphatic rings. The van der Waals surface area contributed by atoms with Crippen molar-refractivity contribution in [2.45, 2.75) is 77.9 Å². The maximum absolute atomic E-state index is 13.1. The van der Waals surface area contributed by atoms with E-state index in [1.54, 1.807) is 0 Å². The largest absolute Gasteiger partial charge is 0.348 e. The number of carbonyl (C=O) groups excluding carboxylic acids is 1. The van der Waals surface area contributed by atoms with Crippen molar-refractivity contribution in [1.29, 1.82) is 0 Å². The van der Waals surface area contributed by atoms with Crippen LogP contribution in [0.1, 0.15) is 72.1 Å². The zero-order valence-electron chi connectivity index (χ0n) is 16.9. The van der Waals surface area contributed by atoms with Gasteiger partial charge in [-0.3, -0.25) is 4.79 Å². The molecule has 0 aromatic heterocycles. The van der Waals surface area contributed by atoms with Gasteiger partial charge in [0, 0.05) is 18.3 Å². The number of fused-ring (bicyclic) bond motifs is 3. The second-order valence-corrected chi connectivity index (χ2v) is 10.1. The monoisotopic (exact) mass is 360 g/mol. The Morgan fingerprint density at radius 3 is 2.46 bits per heavy atom. The zero-order chi connectivity index (χ0) is 18.6. The van der Waals surface area contributed by atoms with Gasteiger partial charge >= 0.3 is 0 Å². The van der Waals surface area contributed by atoms with Crippen LogP contribution in [0.4, 0.5) is 0 Å². The molecule has 3 heteroatoms. The summed E-state index contributed by atoms with van der Waals surface area (Å²) >= 11 is 0. The number of Topliss-reactive ketones (excluding diaryl/α,β-unsaturated/α-hetero) is 1. The lowest BCUT2D eigenvalue weighted by molar-refractivity contribution is -0.164.